The molecular formula is C26H21Cl2NO3S. The third-order valence-electron chi connectivity index (χ3n) is 5.12. The first kappa shape index (κ1) is 23.4. The van der Waals surface area contributed by atoms with Crippen molar-refractivity contribution in [3.63, 3.8) is 0 Å². The molecule has 1 fully saturated rings. The maximum Gasteiger partial charge on any atom is 0.293 e. The standard InChI is InChI=1S/C26H21Cl2NO3S/c1-16-6-8-18(9-7-16)14-29-25(30)23(33-26(29)31)13-20-11-21(27)24(22(28)12-20)32-15-19-5-3-4-17(2)10-19/h3-13H,14-15H2,1-2H3/b23-13-. The minimum atomic E-state index is -0.336. The lowest BCUT2D eigenvalue weighted by molar-refractivity contribution is -0.123. The minimum absolute atomic E-state index is 0.232. The number of amides is 2. The van der Waals surface area contributed by atoms with Gasteiger partial charge in [0.05, 0.1) is 21.5 Å². The van der Waals surface area contributed by atoms with Crippen LogP contribution in [0.1, 0.15) is 27.8 Å². The minimum Gasteiger partial charge on any atom is -0.486 e. The largest absolute Gasteiger partial charge is 0.486 e. The van der Waals surface area contributed by atoms with Gasteiger partial charge in [0, 0.05) is 0 Å². The second-order valence-electron chi connectivity index (χ2n) is 7.84. The number of ether oxygens (including phenoxy) is 1. The van der Waals surface area contributed by atoms with Gasteiger partial charge in [-0.2, -0.15) is 0 Å². The van der Waals surface area contributed by atoms with E-state index in [1.165, 1.54) is 4.90 Å². The van der Waals surface area contributed by atoms with Crippen LogP contribution in [0.2, 0.25) is 10.0 Å². The van der Waals surface area contributed by atoms with Crippen LogP contribution in [0.4, 0.5) is 4.79 Å². The van der Waals surface area contributed by atoms with E-state index in [0.717, 1.165) is 34.0 Å². The second-order valence-corrected chi connectivity index (χ2v) is 9.65. The van der Waals surface area contributed by atoms with Gasteiger partial charge in [0.15, 0.2) is 5.75 Å². The summed E-state index contributed by atoms with van der Waals surface area (Å²) in [5, 5.41) is 0.364. The highest BCUT2D eigenvalue weighted by Crippen LogP contribution is 2.38. The molecule has 0 unspecified atom stereocenters. The van der Waals surface area contributed by atoms with Crippen molar-refractivity contribution in [2.45, 2.75) is 27.0 Å². The van der Waals surface area contributed by atoms with E-state index in [2.05, 4.69) is 0 Å². The summed E-state index contributed by atoms with van der Waals surface area (Å²) in [4.78, 5) is 26.9. The molecule has 1 heterocycles. The molecule has 4 nitrogen and oxygen atoms in total. The summed E-state index contributed by atoms with van der Waals surface area (Å²) in [5.41, 5.74) is 4.78. The number of aryl methyl sites for hydroxylation is 2. The van der Waals surface area contributed by atoms with E-state index < -0.39 is 0 Å². The van der Waals surface area contributed by atoms with Crippen molar-refractivity contribution in [3.8, 4) is 5.75 Å². The fourth-order valence-corrected chi connectivity index (χ4v) is 4.87. The van der Waals surface area contributed by atoms with Crippen LogP contribution in [-0.2, 0) is 17.9 Å². The molecule has 0 N–H and O–H groups in total. The van der Waals surface area contributed by atoms with Gasteiger partial charge in [-0.3, -0.25) is 14.5 Å². The number of rotatable bonds is 6. The maximum atomic E-state index is 12.8. The number of hydrogen-bond donors (Lipinski definition) is 0. The third kappa shape index (κ3) is 5.61. The first-order valence-electron chi connectivity index (χ1n) is 10.3. The number of hydrogen-bond acceptors (Lipinski definition) is 4. The van der Waals surface area contributed by atoms with Gasteiger partial charge < -0.3 is 4.74 Å². The van der Waals surface area contributed by atoms with Crippen molar-refractivity contribution >= 4 is 52.2 Å². The predicted molar refractivity (Wildman–Crippen MR) is 135 cm³/mol. The Morgan fingerprint density at radius 1 is 0.909 bits per heavy atom. The van der Waals surface area contributed by atoms with Crippen LogP contribution in [0.5, 0.6) is 5.75 Å². The van der Waals surface area contributed by atoms with Crippen LogP contribution in [0.15, 0.2) is 65.6 Å². The smallest absolute Gasteiger partial charge is 0.293 e. The van der Waals surface area contributed by atoms with E-state index in [-0.39, 0.29) is 17.7 Å². The first-order chi connectivity index (χ1) is 15.8. The van der Waals surface area contributed by atoms with E-state index >= 15 is 0 Å². The molecule has 0 saturated carbocycles. The molecule has 0 bridgehead atoms. The normalized spacial score (nSPS) is 14.9. The van der Waals surface area contributed by atoms with E-state index in [0.29, 0.717) is 32.9 Å². The maximum absolute atomic E-state index is 12.8. The van der Waals surface area contributed by atoms with Crippen LogP contribution in [0.25, 0.3) is 6.08 Å². The van der Waals surface area contributed by atoms with Gasteiger partial charge in [0.1, 0.15) is 6.61 Å². The average Bonchev–Trinajstić information content (AvgIpc) is 3.02. The van der Waals surface area contributed by atoms with Crippen molar-refractivity contribution < 1.29 is 14.3 Å². The number of halogens is 2. The molecule has 168 valence electrons. The average molecular weight is 498 g/mol. The lowest BCUT2D eigenvalue weighted by Gasteiger charge is -2.13. The van der Waals surface area contributed by atoms with Gasteiger partial charge >= 0.3 is 0 Å². The van der Waals surface area contributed by atoms with Crippen LogP contribution >= 0.6 is 35.0 Å². The quantitative estimate of drug-likeness (QED) is 0.332. The highest BCUT2D eigenvalue weighted by atomic mass is 35.5. The van der Waals surface area contributed by atoms with Crippen molar-refractivity contribution in [1.29, 1.82) is 0 Å². The number of thioether (sulfide) groups is 1. The zero-order chi connectivity index (χ0) is 23.5. The molecule has 3 aromatic carbocycles. The van der Waals surface area contributed by atoms with E-state index in [1.54, 1.807) is 18.2 Å². The van der Waals surface area contributed by atoms with Gasteiger partial charge in [0.2, 0.25) is 0 Å². The predicted octanol–water partition coefficient (Wildman–Crippen LogP) is 7.43. The van der Waals surface area contributed by atoms with Crippen molar-refractivity contribution in [1.82, 2.24) is 4.90 Å². The molecule has 0 spiro atoms. The molecule has 7 heteroatoms. The molecule has 1 aliphatic rings. The second kappa shape index (κ2) is 10.0. The Bertz CT molecular complexity index is 1230. The van der Waals surface area contributed by atoms with E-state index in [1.807, 2.05) is 62.4 Å². The summed E-state index contributed by atoms with van der Waals surface area (Å²) in [5.74, 6) is 0.0436. The van der Waals surface area contributed by atoms with Gasteiger partial charge in [0.25, 0.3) is 11.1 Å². The molecular weight excluding hydrogens is 477 g/mol. The van der Waals surface area contributed by atoms with E-state index in [9.17, 15) is 9.59 Å². The Morgan fingerprint density at radius 3 is 2.27 bits per heavy atom. The SMILES string of the molecule is Cc1ccc(CN2C(=O)S/C(=C\c3cc(Cl)c(OCc4cccc(C)c4)c(Cl)c3)C2=O)cc1. The summed E-state index contributed by atoms with van der Waals surface area (Å²) in [6.07, 6.45) is 1.63. The molecule has 1 saturated heterocycles. The van der Waals surface area contributed by atoms with Gasteiger partial charge in [-0.15, -0.1) is 0 Å². The van der Waals surface area contributed by atoms with Gasteiger partial charge in [-0.25, -0.2) is 0 Å². The molecule has 33 heavy (non-hydrogen) atoms. The summed E-state index contributed by atoms with van der Waals surface area (Å²) in [6, 6.07) is 19.1. The van der Waals surface area contributed by atoms with Crippen molar-refractivity contribution in [2.75, 3.05) is 0 Å². The fourth-order valence-electron chi connectivity index (χ4n) is 3.42. The summed E-state index contributed by atoms with van der Waals surface area (Å²) < 4.78 is 5.84. The summed E-state index contributed by atoms with van der Waals surface area (Å²) >= 11 is 13.8. The van der Waals surface area contributed by atoms with Gasteiger partial charge in [-0.05, 0) is 60.5 Å². The number of imide groups is 1. The van der Waals surface area contributed by atoms with Crippen LogP contribution in [-0.4, -0.2) is 16.0 Å². The summed E-state index contributed by atoms with van der Waals surface area (Å²) in [6.45, 7) is 4.57. The zero-order valence-electron chi connectivity index (χ0n) is 18.1. The Labute approximate surface area is 207 Å². The monoisotopic (exact) mass is 497 g/mol. The van der Waals surface area contributed by atoms with Crippen molar-refractivity contribution in [2.24, 2.45) is 0 Å². The molecule has 0 aliphatic carbocycles. The topological polar surface area (TPSA) is 46.6 Å². The Kier molecular flexibility index (Phi) is 7.13. The van der Waals surface area contributed by atoms with Crippen molar-refractivity contribution in [3.05, 3.63) is 103 Å². The number of nitrogens with zero attached hydrogens (tertiary/aromatic N) is 1. The molecule has 0 atom stereocenters. The molecule has 0 aromatic heterocycles. The van der Waals surface area contributed by atoms with Gasteiger partial charge in [-0.1, -0.05) is 82.9 Å². The lowest BCUT2D eigenvalue weighted by atomic mass is 10.1. The molecule has 1 aliphatic heterocycles. The Morgan fingerprint density at radius 2 is 1.61 bits per heavy atom. The number of benzene rings is 3. The highest BCUT2D eigenvalue weighted by molar-refractivity contribution is 8.18. The van der Waals surface area contributed by atoms with E-state index in [4.69, 9.17) is 27.9 Å². The van der Waals surface area contributed by atoms with Crippen LogP contribution in [0, 0.1) is 13.8 Å². The number of carbonyl (C=O) groups is 2. The summed E-state index contributed by atoms with van der Waals surface area (Å²) in [7, 11) is 0. The first-order valence-corrected chi connectivity index (χ1v) is 11.9. The lowest BCUT2D eigenvalue weighted by Crippen LogP contribution is -2.27. The van der Waals surface area contributed by atoms with Crippen LogP contribution in [0.3, 0.4) is 0 Å². The third-order valence-corrected chi connectivity index (χ3v) is 6.59. The Hall–Kier alpha value is -2.73. The molecule has 3 aromatic rings. The number of carbonyl (C=O) groups excluding carboxylic acids is 2. The molecule has 0 radical (unpaired) electrons. The zero-order valence-corrected chi connectivity index (χ0v) is 20.4. The Balaban J connectivity index is 1.49. The van der Waals surface area contributed by atoms with Crippen LogP contribution < -0.4 is 4.74 Å². The molecule has 4 rings (SSSR count). The fraction of sp³-hybridized carbons (Fsp3) is 0.154. The highest BCUT2D eigenvalue weighted by Gasteiger charge is 2.35. The molecule has 2 amide bonds.